The molecule has 0 saturated carbocycles. The Morgan fingerprint density at radius 2 is 1.74 bits per heavy atom. The van der Waals surface area contributed by atoms with E-state index in [1.807, 2.05) is 48.5 Å². The third-order valence-corrected chi connectivity index (χ3v) is 4.00. The zero-order valence-electron chi connectivity index (χ0n) is 14.3. The Morgan fingerprint density at radius 3 is 2.52 bits per heavy atom. The molecule has 6 heteroatoms. The summed E-state index contributed by atoms with van der Waals surface area (Å²) in [5.41, 5.74) is 4.25. The Morgan fingerprint density at radius 1 is 1.04 bits per heavy atom. The van der Waals surface area contributed by atoms with Gasteiger partial charge < -0.3 is 9.84 Å². The van der Waals surface area contributed by atoms with Crippen molar-refractivity contribution in [2.75, 3.05) is 0 Å². The smallest absolute Gasteiger partial charge is 0.275 e. The highest BCUT2D eigenvalue weighted by Gasteiger charge is 2.09. The van der Waals surface area contributed by atoms with Crippen LogP contribution in [0.4, 0.5) is 0 Å². The lowest BCUT2D eigenvalue weighted by molar-refractivity contribution is 0.0952. The van der Waals surface area contributed by atoms with Gasteiger partial charge in [-0.2, -0.15) is 5.10 Å². The number of nitrogens with one attached hydrogen (secondary N) is 1. The van der Waals surface area contributed by atoms with Crippen LogP contribution in [0.2, 0.25) is 5.02 Å². The second-order valence-corrected chi connectivity index (χ2v) is 6.11. The van der Waals surface area contributed by atoms with Crippen LogP contribution in [0.3, 0.4) is 0 Å². The Labute approximate surface area is 161 Å². The number of nitrogens with zero attached hydrogens (tertiary/aromatic N) is 1. The molecule has 0 bridgehead atoms. The number of amides is 1. The van der Waals surface area contributed by atoms with Crippen LogP contribution in [-0.4, -0.2) is 17.2 Å². The minimum Gasteiger partial charge on any atom is -0.507 e. The normalized spacial score (nSPS) is 10.7. The SMILES string of the molecule is O=C(NN=Cc1ccccc1OCc1ccc(Cl)cc1)c1ccccc1O. The number of carbonyl (C=O) groups excluding carboxylic acids is 1. The molecular formula is C21H17ClN2O3. The summed E-state index contributed by atoms with van der Waals surface area (Å²) in [5, 5.41) is 14.3. The minimum atomic E-state index is -0.496. The lowest BCUT2D eigenvalue weighted by Crippen LogP contribution is -2.17. The molecule has 0 saturated heterocycles. The van der Waals surface area contributed by atoms with Gasteiger partial charge in [-0.25, -0.2) is 5.43 Å². The molecule has 5 nitrogen and oxygen atoms in total. The van der Waals surface area contributed by atoms with E-state index < -0.39 is 5.91 Å². The maximum absolute atomic E-state index is 12.1. The average molecular weight is 381 g/mol. The summed E-state index contributed by atoms with van der Waals surface area (Å²) in [6.45, 7) is 0.381. The summed E-state index contributed by atoms with van der Waals surface area (Å²) in [5.74, 6) is 0.0359. The van der Waals surface area contributed by atoms with Crippen molar-refractivity contribution in [3.8, 4) is 11.5 Å². The first-order valence-corrected chi connectivity index (χ1v) is 8.59. The van der Waals surface area contributed by atoms with Crippen LogP contribution in [0.25, 0.3) is 0 Å². The molecule has 0 radical (unpaired) electrons. The van der Waals surface area contributed by atoms with Crippen molar-refractivity contribution in [2.24, 2.45) is 5.10 Å². The van der Waals surface area contributed by atoms with Gasteiger partial charge >= 0.3 is 0 Å². The maximum Gasteiger partial charge on any atom is 0.275 e. The number of halogens is 1. The fourth-order valence-corrected chi connectivity index (χ4v) is 2.47. The Balaban J connectivity index is 1.65. The quantitative estimate of drug-likeness (QED) is 0.492. The number of benzene rings is 3. The van der Waals surface area contributed by atoms with E-state index in [9.17, 15) is 9.90 Å². The molecule has 0 spiro atoms. The van der Waals surface area contributed by atoms with Crippen LogP contribution in [0.15, 0.2) is 77.9 Å². The van der Waals surface area contributed by atoms with Crippen LogP contribution in [-0.2, 0) is 6.61 Å². The summed E-state index contributed by atoms with van der Waals surface area (Å²) in [7, 11) is 0. The van der Waals surface area contributed by atoms with Crippen LogP contribution in [0.1, 0.15) is 21.5 Å². The van der Waals surface area contributed by atoms with E-state index in [2.05, 4.69) is 10.5 Å². The van der Waals surface area contributed by atoms with Gasteiger partial charge in [-0.3, -0.25) is 4.79 Å². The topological polar surface area (TPSA) is 70.9 Å². The molecule has 0 fully saturated rings. The van der Waals surface area contributed by atoms with Gasteiger partial charge in [0.15, 0.2) is 0 Å². The standard InChI is InChI=1S/C21H17ClN2O3/c22-17-11-9-15(10-12-17)14-27-20-8-4-1-5-16(20)13-23-24-21(26)18-6-2-3-7-19(18)25/h1-13,25H,14H2,(H,24,26). The van der Waals surface area contributed by atoms with E-state index in [1.54, 1.807) is 12.1 Å². The van der Waals surface area contributed by atoms with E-state index in [1.165, 1.54) is 18.3 Å². The third kappa shape index (κ3) is 5.09. The summed E-state index contributed by atoms with van der Waals surface area (Å²) >= 11 is 5.88. The number of para-hydroxylation sites is 2. The molecule has 0 aromatic heterocycles. The number of phenols is 1. The highest BCUT2D eigenvalue weighted by molar-refractivity contribution is 6.30. The fourth-order valence-electron chi connectivity index (χ4n) is 2.35. The summed E-state index contributed by atoms with van der Waals surface area (Å²) in [6, 6.07) is 21.0. The van der Waals surface area contributed by atoms with E-state index in [-0.39, 0.29) is 11.3 Å². The third-order valence-electron chi connectivity index (χ3n) is 3.75. The Bertz CT molecular complexity index is 956. The van der Waals surface area contributed by atoms with Gasteiger partial charge in [-0.1, -0.05) is 48.0 Å². The molecule has 3 aromatic rings. The molecule has 0 aliphatic carbocycles. The number of hydrogen-bond donors (Lipinski definition) is 2. The van der Waals surface area contributed by atoms with Gasteiger partial charge in [0.2, 0.25) is 0 Å². The first-order valence-electron chi connectivity index (χ1n) is 8.21. The molecule has 0 aliphatic rings. The highest BCUT2D eigenvalue weighted by atomic mass is 35.5. The zero-order valence-corrected chi connectivity index (χ0v) is 15.1. The Hall–Kier alpha value is -3.31. The van der Waals surface area contributed by atoms with Crippen LogP contribution < -0.4 is 10.2 Å². The molecule has 3 rings (SSSR count). The van der Waals surface area contributed by atoms with Crippen LogP contribution >= 0.6 is 11.6 Å². The van der Waals surface area contributed by atoms with Crippen molar-refractivity contribution in [1.29, 1.82) is 0 Å². The second-order valence-electron chi connectivity index (χ2n) is 5.67. The number of rotatable bonds is 6. The summed E-state index contributed by atoms with van der Waals surface area (Å²) < 4.78 is 5.84. The lowest BCUT2D eigenvalue weighted by Gasteiger charge is -2.09. The highest BCUT2D eigenvalue weighted by Crippen LogP contribution is 2.19. The number of phenolic OH excluding ortho intramolecular Hbond substituents is 1. The summed E-state index contributed by atoms with van der Waals surface area (Å²) in [4.78, 5) is 12.1. The number of carbonyl (C=O) groups is 1. The minimum absolute atomic E-state index is 0.100. The molecular weight excluding hydrogens is 364 g/mol. The summed E-state index contributed by atoms with van der Waals surface area (Å²) in [6.07, 6.45) is 1.50. The van der Waals surface area contributed by atoms with Crippen molar-refractivity contribution in [2.45, 2.75) is 6.61 Å². The van der Waals surface area contributed by atoms with Gasteiger partial charge in [-0.05, 0) is 42.0 Å². The van der Waals surface area contributed by atoms with Gasteiger partial charge in [0, 0.05) is 10.6 Å². The largest absolute Gasteiger partial charge is 0.507 e. The van der Waals surface area contributed by atoms with E-state index in [0.29, 0.717) is 22.9 Å². The van der Waals surface area contributed by atoms with E-state index in [4.69, 9.17) is 16.3 Å². The van der Waals surface area contributed by atoms with Gasteiger partial charge in [0.1, 0.15) is 18.1 Å². The number of hydrogen-bond acceptors (Lipinski definition) is 4. The molecule has 0 heterocycles. The molecule has 136 valence electrons. The number of aromatic hydroxyl groups is 1. The van der Waals surface area contributed by atoms with Crippen molar-refractivity contribution in [1.82, 2.24) is 5.43 Å². The zero-order chi connectivity index (χ0) is 19.1. The average Bonchev–Trinajstić information content (AvgIpc) is 2.68. The van der Waals surface area contributed by atoms with Crippen molar-refractivity contribution < 1.29 is 14.6 Å². The van der Waals surface area contributed by atoms with Crippen molar-refractivity contribution in [3.63, 3.8) is 0 Å². The predicted octanol–water partition coefficient (Wildman–Crippen LogP) is 4.39. The molecule has 0 atom stereocenters. The van der Waals surface area contributed by atoms with Gasteiger partial charge in [0.05, 0.1) is 11.8 Å². The molecule has 0 unspecified atom stereocenters. The second kappa shape index (κ2) is 8.87. The van der Waals surface area contributed by atoms with E-state index >= 15 is 0 Å². The first-order chi connectivity index (χ1) is 13.1. The molecule has 27 heavy (non-hydrogen) atoms. The van der Waals surface area contributed by atoms with Crippen LogP contribution in [0, 0.1) is 0 Å². The Kier molecular flexibility index (Phi) is 6.07. The first kappa shape index (κ1) is 18.5. The number of hydrazone groups is 1. The lowest BCUT2D eigenvalue weighted by atomic mass is 10.2. The van der Waals surface area contributed by atoms with Gasteiger partial charge in [-0.15, -0.1) is 0 Å². The van der Waals surface area contributed by atoms with E-state index in [0.717, 1.165) is 5.56 Å². The van der Waals surface area contributed by atoms with Crippen molar-refractivity contribution in [3.05, 3.63) is 94.5 Å². The predicted molar refractivity (Wildman–Crippen MR) is 105 cm³/mol. The molecule has 0 aliphatic heterocycles. The molecule has 2 N–H and O–H groups in total. The molecule has 3 aromatic carbocycles. The molecule has 1 amide bonds. The monoisotopic (exact) mass is 380 g/mol. The fraction of sp³-hybridized carbons (Fsp3) is 0.0476. The van der Waals surface area contributed by atoms with Gasteiger partial charge in [0.25, 0.3) is 5.91 Å². The maximum atomic E-state index is 12.1. The number of ether oxygens (including phenoxy) is 1. The van der Waals surface area contributed by atoms with Crippen molar-refractivity contribution >= 4 is 23.7 Å². The van der Waals surface area contributed by atoms with Crippen LogP contribution in [0.5, 0.6) is 11.5 Å².